The van der Waals surface area contributed by atoms with Crippen molar-refractivity contribution >= 4 is 29.4 Å². The van der Waals surface area contributed by atoms with Crippen LogP contribution in [-0.4, -0.2) is 36.0 Å². The first-order chi connectivity index (χ1) is 13.2. The van der Waals surface area contributed by atoms with Crippen LogP contribution in [0.4, 0.5) is 0 Å². The minimum Gasteiger partial charge on any atom is -0.484 e. The Labute approximate surface area is 168 Å². The fraction of sp³-hybridized carbons (Fsp3) is 0.333. The second-order valence-electron chi connectivity index (χ2n) is 6.34. The molecule has 140 valence electrons. The highest BCUT2D eigenvalue weighted by Gasteiger charge is 2.16. The number of hydrogen-bond acceptors (Lipinski definition) is 5. The molecule has 0 bridgehead atoms. The van der Waals surface area contributed by atoms with Crippen LogP contribution < -0.4 is 4.74 Å². The van der Waals surface area contributed by atoms with E-state index in [4.69, 9.17) is 10.00 Å². The SMILES string of the molecule is CN(Cc1ccc(C#N)cc1)C(=O)COc1ccc(C2SCCCS2)cc1. The van der Waals surface area contributed by atoms with E-state index in [0.717, 1.165) is 5.56 Å². The summed E-state index contributed by atoms with van der Waals surface area (Å²) in [4.78, 5) is 13.9. The van der Waals surface area contributed by atoms with Gasteiger partial charge in [0.05, 0.1) is 16.2 Å². The van der Waals surface area contributed by atoms with Gasteiger partial charge in [0, 0.05) is 13.6 Å². The maximum Gasteiger partial charge on any atom is 0.260 e. The van der Waals surface area contributed by atoms with Gasteiger partial charge < -0.3 is 9.64 Å². The summed E-state index contributed by atoms with van der Waals surface area (Å²) >= 11 is 3.98. The van der Waals surface area contributed by atoms with Crippen molar-refractivity contribution in [1.82, 2.24) is 4.90 Å². The van der Waals surface area contributed by atoms with Gasteiger partial charge in [-0.25, -0.2) is 0 Å². The molecule has 1 aliphatic heterocycles. The van der Waals surface area contributed by atoms with Gasteiger partial charge in [0.25, 0.3) is 5.91 Å². The highest BCUT2D eigenvalue weighted by molar-refractivity contribution is 8.16. The normalized spacial score (nSPS) is 14.4. The molecule has 0 spiro atoms. The number of nitrogens with zero attached hydrogens (tertiary/aromatic N) is 2. The number of amides is 1. The summed E-state index contributed by atoms with van der Waals surface area (Å²) < 4.78 is 6.17. The summed E-state index contributed by atoms with van der Waals surface area (Å²) in [7, 11) is 1.75. The Kier molecular flexibility index (Phi) is 7.08. The molecule has 0 unspecified atom stereocenters. The summed E-state index contributed by atoms with van der Waals surface area (Å²) in [5.74, 6) is 3.07. The molecule has 1 saturated heterocycles. The van der Waals surface area contributed by atoms with Crippen molar-refractivity contribution in [2.45, 2.75) is 17.5 Å². The molecule has 0 atom stereocenters. The molecule has 6 heteroatoms. The van der Waals surface area contributed by atoms with E-state index in [0.29, 0.717) is 22.4 Å². The molecular formula is C21H22N2O2S2. The molecule has 0 aliphatic carbocycles. The summed E-state index contributed by atoms with van der Waals surface area (Å²) in [6.07, 6.45) is 1.28. The molecule has 2 aromatic carbocycles. The Hall–Kier alpha value is -2.10. The lowest BCUT2D eigenvalue weighted by Crippen LogP contribution is -2.30. The zero-order valence-corrected chi connectivity index (χ0v) is 16.9. The second kappa shape index (κ2) is 9.72. The minimum absolute atomic E-state index is 0.0130. The predicted octanol–water partition coefficient (Wildman–Crippen LogP) is 4.46. The van der Waals surface area contributed by atoms with Gasteiger partial charge in [-0.3, -0.25) is 4.79 Å². The average Bonchev–Trinajstić information content (AvgIpc) is 2.73. The molecule has 1 amide bonds. The molecule has 1 aliphatic rings. The molecule has 3 rings (SSSR count). The quantitative estimate of drug-likeness (QED) is 0.719. The molecule has 2 aromatic rings. The van der Waals surface area contributed by atoms with Crippen LogP contribution in [0.25, 0.3) is 0 Å². The maximum absolute atomic E-state index is 12.3. The molecule has 1 heterocycles. The number of nitriles is 1. The van der Waals surface area contributed by atoms with E-state index in [9.17, 15) is 4.79 Å². The van der Waals surface area contributed by atoms with Gasteiger partial charge in [-0.15, -0.1) is 23.5 Å². The first-order valence-corrected chi connectivity index (χ1v) is 10.9. The minimum atomic E-state index is -0.0816. The van der Waals surface area contributed by atoms with E-state index in [-0.39, 0.29) is 12.5 Å². The van der Waals surface area contributed by atoms with Crippen molar-refractivity contribution in [2.24, 2.45) is 0 Å². The standard InChI is InChI=1S/C21H22N2O2S2/c1-23(14-17-5-3-16(13-22)4-6-17)20(24)15-25-19-9-7-18(8-10-19)21-26-11-2-12-27-21/h3-10,21H,2,11-12,14-15H2,1H3. The number of ether oxygens (including phenoxy) is 1. The molecule has 0 aromatic heterocycles. The Morgan fingerprint density at radius 3 is 2.44 bits per heavy atom. The average molecular weight is 399 g/mol. The number of carbonyl (C=O) groups is 1. The smallest absolute Gasteiger partial charge is 0.260 e. The molecule has 27 heavy (non-hydrogen) atoms. The number of likely N-dealkylation sites (N-methyl/N-ethyl adjacent to an activating group) is 1. The Bertz CT molecular complexity index is 794. The van der Waals surface area contributed by atoms with E-state index in [2.05, 4.69) is 18.2 Å². The summed E-state index contributed by atoms with van der Waals surface area (Å²) in [6.45, 7) is 0.502. The van der Waals surface area contributed by atoms with E-state index in [1.807, 2.05) is 47.8 Å². The van der Waals surface area contributed by atoms with E-state index >= 15 is 0 Å². The van der Waals surface area contributed by atoms with Gasteiger partial charge in [-0.1, -0.05) is 24.3 Å². The first-order valence-electron chi connectivity index (χ1n) is 8.84. The highest BCUT2D eigenvalue weighted by atomic mass is 32.2. The molecule has 1 fully saturated rings. The van der Waals surface area contributed by atoms with Gasteiger partial charge in [0.1, 0.15) is 5.75 Å². The Balaban J connectivity index is 1.48. The van der Waals surface area contributed by atoms with E-state index < -0.39 is 0 Å². The molecule has 0 radical (unpaired) electrons. The summed E-state index contributed by atoms with van der Waals surface area (Å²) in [5, 5.41) is 8.83. The van der Waals surface area contributed by atoms with E-state index in [1.165, 1.54) is 23.5 Å². The van der Waals surface area contributed by atoms with Crippen molar-refractivity contribution in [2.75, 3.05) is 25.2 Å². The zero-order valence-electron chi connectivity index (χ0n) is 15.3. The van der Waals surface area contributed by atoms with Crippen LogP contribution in [-0.2, 0) is 11.3 Å². The van der Waals surface area contributed by atoms with Crippen molar-refractivity contribution in [3.8, 4) is 11.8 Å². The lowest BCUT2D eigenvalue weighted by molar-refractivity contribution is -0.132. The summed E-state index contributed by atoms with van der Waals surface area (Å²) in [6, 6.07) is 17.4. The van der Waals surface area contributed by atoms with Gasteiger partial charge in [-0.05, 0) is 53.3 Å². The first kappa shape index (κ1) is 19.7. The number of carbonyl (C=O) groups excluding carboxylic acids is 1. The fourth-order valence-corrected chi connectivity index (χ4v) is 5.60. The zero-order chi connectivity index (χ0) is 19.1. The fourth-order valence-electron chi connectivity index (χ4n) is 2.70. The number of benzene rings is 2. The van der Waals surface area contributed by atoms with Crippen LogP contribution in [0.15, 0.2) is 48.5 Å². The van der Waals surface area contributed by atoms with Crippen LogP contribution >= 0.6 is 23.5 Å². The van der Waals surface area contributed by atoms with Gasteiger partial charge in [0.15, 0.2) is 6.61 Å². The van der Waals surface area contributed by atoms with Crippen molar-refractivity contribution in [1.29, 1.82) is 5.26 Å². The van der Waals surface area contributed by atoms with Crippen molar-refractivity contribution in [3.63, 3.8) is 0 Å². The molecule has 4 nitrogen and oxygen atoms in total. The summed E-state index contributed by atoms with van der Waals surface area (Å²) in [5.41, 5.74) is 2.91. The third kappa shape index (κ3) is 5.69. The van der Waals surface area contributed by atoms with Gasteiger partial charge in [0.2, 0.25) is 0 Å². The maximum atomic E-state index is 12.3. The lowest BCUT2D eigenvalue weighted by Gasteiger charge is -2.21. The molecule has 0 saturated carbocycles. The van der Waals surface area contributed by atoms with Crippen LogP contribution in [0.1, 0.15) is 27.7 Å². The van der Waals surface area contributed by atoms with Crippen LogP contribution in [0.2, 0.25) is 0 Å². The third-order valence-corrected chi connectivity index (χ3v) is 7.29. The molecular weight excluding hydrogens is 376 g/mol. The van der Waals surface area contributed by atoms with Crippen molar-refractivity contribution in [3.05, 3.63) is 65.2 Å². The number of thioether (sulfide) groups is 2. The number of rotatable bonds is 6. The monoisotopic (exact) mass is 398 g/mol. The third-order valence-electron chi connectivity index (χ3n) is 4.27. The van der Waals surface area contributed by atoms with Crippen LogP contribution in [0, 0.1) is 11.3 Å². The largest absolute Gasteiger partial charge is 0.484 e. The van der Waals surface area contributed by atoms with Crippen LogP contribution in [0.3, 0.4) is 0 Å². The van der Waals surface area contributed by atoms with Gasteiger partial charge in [-0.2, -0.15) is 5.26 Å². The predicted molar refractivity (Wildman–Crippen MR) is 112 cm³/mol. The number of hydrogen-bond donors (Lipinski definition) is 0. The molecule has 0 N–H and O–H groups in total. The van der Waals surface area contributed by atoms with E-state index in [1.54, 1.807) is 24.1 Å². The van der Waals surface area contributed by atoms with Crippen molar-refractivity contribution < 1.29 is 9.53 Å². The second-order valence-corrected chi connectivity index (χ2v) is 9.07. The highest BCUT2D eigenvalue weighted by Crippen LogP contribution is 2.43. The van der Waals surface area contributed by atoms with Gasteiger partial charge >= 0.3 is 0 Å². The lowest BCUT2D eigenvalue weighted by atomic mass is 10.1. The van der Waals surface area contributed by atoms with Crippen LogP contribution in [0.5, 0.6) is 5.75 Å². The Morgan fingerprint density at radius 1 is 1.15 bits per heavy atom. The Morgan fingerprint density at radius 2 is 1.81 bits per heavy atom. The topological polar surface area (TPSA) is 53.3 Å².